The fourth-order valence-electron chi connectivity index (χ4n) is 3.74. The maximum atomic E-state index is 10.9. The predicted octanol–water partition coefficient (Wildman–Crippen LogP) is 3.60. The summed E-state index contributed by atoms with van der Waals surface area (Å²) in [5.41, 5.74) is 8.30. The number of aromatic nitrogens is 1. The Morgan fingerprint density at radius 3 is 2.48 bits per heavy atom. The molecule has 1 aliphatic carbocycles. The number of aliphatic hydroxyl groups excluding tert-OH is 1. The first kappa shape index (κ1) is 16.4. The minimum Gasteiger partial charge on any atom is -0.388 e. The number of rotatable bonds is 3. The van der Waals surface area contributed by atoms with Crippen LogP contribution in [0.4, 0.5) is 0 Å². The lowest BCUT2D eigenvalue weighted by Gasteiger charge is -2.46. The van der Waals surface area contributed by atoms with Crippen molar-refractivity contribution in [3.63, 3.8) is 0 Å². The Bertz CT molecular complexity index is 470. The molecule has 1 atom stereocenters. The molecule has 0 bridgehead atoms. The number of aryl methyl sites for hydroxylation is 1. The molecule has 1 aromatic rings. The first-order valence-corrected chi connectivity index (χ1v) is 8.09. The van der Waals surface area contributed by atoms with Crippen molar-refractivity contribution in [2.45, 2.75) is 59.5 Å². The van der Waals surface area contributed by atoms with Gasteiger partial charge in [-0.1, -0.05) is 20.8 Å². The molecule has 1 aliphatic rings. The Balaban J connectivity index is 2.19. The van der Waals surface area contributed by atoms with Gasteiger partial charge in [0.2, 0.25) is 0 Å². The van der Waals surface area contributed by atoms with Crippen molar-refractivity contribution < 1.29 is 5.11 Å². The summed E-state index contributed by atoms with van der Waals surface area (Å²) in [5.74, 6) is 0.722. The molecular weight excluding hydrogens is 260 g/mol. The third-order valence-electron chi connectivity index (χ3n) is 5.57. The molecule has 0 saturated heterocycles. The summed E-state index contributed by atoms with van der Waals surface area (Å²) in [6.07, 6.45) is 7.37. The van der Waals surface area contributed by atoms with Crippen LogP contribution in [0.1, 0.15) is 63.7 Å². The Morgan fingerprint density at radius 2 is 2.00 bits per heavy atom. The van der Waals surface area contributed by atoms with Gasteiger partial charge < -0.3 is 10.8 Å². The van der Waals surface area contributed by atoms with Gasteiger partial charge in [0.25, 0.3) is 0 Å². The summed E-state index contributed by atoms with van der Waals surface area (Å²) in [7, 11) is 0. The highest BCUT2D eigenvalue weighted by atomic mass is 16.3. The number of hydrogen-bond donors (Lipinski definition) is 2. The summed E-state index contributed by atoms with van der Waals surface area (Å²) in [5, 5.41) is 10.9. The van der Waals surface area contributed by atoms with E-state index >= 15 is 0 Å². The van der Waals surface area contributed by atoms with Crippen LogP contribution >= 0.6 is 0 Å². The predicted molar refractivity (Wildman–Crippen MR) is 86.8 cm³/mol. The van der Waals surface area contributed by atoms with Gasteiger partial charge in [0.15, 0.2) is 0 Å². The van der Waals surface area contributed by atoms with Gasteiger partial charge in [-0.05, 0) is 55.6 Å². The summed E-state index contributed by atoms with van der Waals surface area (Å²) < 4.78 is 0. The van der Waals surface area contributed by atoms with Crippen molar-refractivity contribution in [2.75, 3.05) is 6.54 Å². The van der Waals surface area contributed by atoms with E-state index in [1.807, 2.05) is 13.0 Å². The molecule has 0 spiro atoms. The van der Waals surface area contributed by atoms with E-state index in [0.717, 1.165) is 42.7 Å². The fraction of sp³-hybridized carbons (Fsp3) is 0.722. The molecule has 21 heavy (non-hydrogen) atoms. The highest BCUT2D eigenvalue weighted by Gasteiger charge is 2.43. The van der Waals surface area contributed by atoms with Crippen LogP contribution in [0.25, 0.3) is 0 Å². The van der Waals surface area contributed by atoms with E-state index in [1.54, 1.807) is 12.4 Å². The Hall–Kier alpha value is -0.930. The summed E-state index contributed by atoms with van der Waals surface area (Å²) >= 11 is 0. The number of nitrogens with two attached hydrogens (primary N) is 1. The lowest BCUT2D eigenvalue weighted by molar-refractivity contribution is -0.0239. The minimum absolute atomic E-state index is 0.185. The number of hydrogen-bond acceptors (Lipinski definition) is 3. The van der Waals surface area contributed by atoms with Crippen molar-refractivity contribution in [1.82, 2.24) is 4.98 Å². The molecule has 1 aromatic heterocycles. The lowest BCUT2D eigenvalue weighted by Crippen LogP contribution is -2.42. The molecule has 0 aromatic carbocycles. The monoisotopic (exact) mass is 290 g/mol. The Morgan fingerprint density at radius 1 is 1.38 bits per heavy atom. The molecular formula is C18H30N2O. The molecule has 1 fully saturated rings. The smallest absolute Gasteiger partial charge is 0.0875 e. The Kier molecular flexibility index (Phi) is 4.74. The van der Waals surface area contributed by atoms with Crippen LogP contribution in [-0.2, 0) is 0 Å². The van der Waals surface area contributed by atoms with Gasteiger partial charge in [0.1, 0.15) is 0 Å². The zero-order chi connectivity index (χ0) is 15.7. The number of pyridine rings is 1. The second-order valence-electron chi connectivity index (χ2n) is 7.84. The van der Waals surface area contributed by atoms with E-state index in [-0.39, 0.29) is 5.41 Å². The van der Waals surface area contributed by atoms with E-state index in [2.05, 4.69) is 25.8 Å². The first-order chi connectivity index (χ1) is 9.80. The van der Waals surface area contributed by atoms with Gasteiger partial charge in [0.05, 0.1) is 6.10 Å². The molecule has 1 unspecified atom stereocenters. The molecule has 2 rings (SSSR count). The van der Waals surface area contributed by atoms with E-state index < -0.39 is 6.10 Å². The maximum absolute atomic E-state index is 10.9. The van der Waals surface area contributed by atoms with Gasteiger partial charge in [0, 0.05) is 29.9 Å². The average molecular weight is 290 g/mol. The van der Waals surface area contributed by atoms with E-state index in [9.17, 15) is 5.11 Å². The van der Waals surface area contributed by atoms with Crippen LogP contribution in [0.2, 0.25) is 0 Å². The second-order valence-corrected chi connectivity index (χ2v) is 7.84. The average Bonchev–Trinajstić information content (AvgIpc) is 2.46. The SMILES string of the molecule is Cc1ccncc1C(O)C1(CN)CCC(C(C)(C)C)CC1. The number of aliphatic hydroxyl groups is 1. The van der Waals surface area contributed by atoms with Crippen LogP contribution in [0.5, 0.6) is 0 Å². The maximum Gasteiger partial charge on any atom is 0.0875 e. The molecule has 3 N–H and O–H groups in total. The molecule has 0 amide bonds. The Labute approximate surface area is 129 Å². The summed E-state index contributed by atoms with van der Waals surface area (Å²) in [6, 6.07) is 1.96. The quantitative estimate of drug-likeness (QED) is 0.894. The topological polar surface area (TPSA) is 59.1 Å². The van der Waals surface area contributed by atoms with E-state index in [1.165, 1.54) is 0 Å². The van der Waals surface area contributed by atoms with Crippen LogP contribution in [0, 0.1) is 23.7 Å². The summed E-state index contributed by atoms with van der Waals surface area (Å²) in [4.78, 5) is 4.18. The highest BCUT2D eigenvalue weighted by Crippen LogP contribution is 2.50. The third-order valence-corrected chi connectivity index (χ3v) is 5.57. The number of nitrogens with zero attached hydrogens (tertiary/aromatic N) is 1. The molecule has 1 heterocycles. The molecule has 3 heteroatoms. The zero-order valence-electron chi connectivity index (χ0n) is 13.9. The largest absolute Gasteiger partial charge is 0.388 e. The van der Waals surface area contributed by atoms with E-state index in [4.69, 9.17) is 5.73 Å². The first-order valence-electron chi connectivity index (χ1n) is 8.09. The van der Waals surface area contributed by atoms with Crippen molar-refractivity contribution in [3.8, 4) is 0 Å². The highest BCUT2D eigenvalue weighted by molar-refractivity contribution is 5.26. The van der Waals surface area contributed by atoms with E-state index in [0.29, 0.717) is 12.0 Å². The summed E-state index contributed by atoms with van der Waals surface area (Å²) in [6.45, 7) is 9.52. The zero-order valence-corrected chi connectivity index (χ0v) is 13.9. The van der Waals surface area contributed by atoms with Crippen LogP contribution < -0.4 is 5.73 Å². The van der Waals surface area contributed by atoms with Crippen molar-refractivity contribution in [3.05, 3.63) is 29.6 Å². The fourth-order valence-corrected chi connectivity index (χ4v) is 3.74. The van der Waals surface area contributed by atoms with Gasteiger partial charge in [-0.25, -0.2) is 0 Å². The molecule has 118 valence electrons. The van der Waals surface area contributed by atoms with Gasteiger partial charge in [-0.15, -0.1) is 0 Å². The minimum atomic E-state index is -0.503. The molecule has 0 radical (unpaired) electrons. The van der Waals surface area contributed by atoms with Crippen molar-refractivity contribution in [1.29, 1.82) is 0 Å². The van der Waals surface area contributed by atoms with Gasteiger partial charge >= 0.3 is 0 Å². The third kappa shape index (κ3) is 3.29. The molecule has 3 nitrogen and oxygen atoms in total. The van der Waals surface area contributed by atoms with Crippen LogP contribution in [0.3, 0.4) is 0 Å². The normalized spacial score (nSPS) is 28.4. The van der Waals surface area contributed by atoms with Crippen LogP contribution in [0.15, 0.2) is 18.5 Å². The lowest BCUT2D eigenvalue weighted by atomic mass is 9.61. The van der Waals surface area contributed by atoms with Gasteiger partial charge in [-0.2, -0.15) is 0 Å². The van der Waals surface area contributed by atoms with Gasteiger partial charge in [-0.3, -0.25) is 4.98 Å². The molecule has 1 saturated carbocycles. The molecule has 0 aliphatic heterocycles. The van der Waals surface area contributed by atoms with Crippen molar-refractivity contribution >= 4 is 0 Å². The standard InChI is InChI=1S/C18H30N2O/c1-13-7-10-20-11-15(13)16(21)18(12-19)8-5-14(6-9-18)17(2,3)4/h7,10-11,14,16,21H,5-6,8-9,12,19H2,1-4H3. The second kappa shape index (κ2) is 6.05. The van der Waals surface area contributed by atoms with Crippen LogP contribution in [-0.4, -0.2) is 16.6 Å². The van der Waals surface area contributed by atoms with Crippen molar-refractivity contribution in [2.24, 2.45) is 22.5 Å².